The van der Waals surface area contributed by atoms with Crippen molar-refractivity contribution >= 4 is 17.3 Å². The number of rotatable bonds is 9. The van der Waals surface area contributed by atoms with Crippen molar-refractivity contribution in [3.8, 4) is 0 Å². The molecule has 2 rings (SSSR count). The molecule has 0 unspecified atom stereocenters. The van der Waals surface area contributed by atoms with Gasteiger partial charge < -0.3 is 15.5 Å². The summed E-state index contributed by atoms with van der Waals surface area (Å²) < 4.78 is 0. The second-order valence-corrected chi connectivity index (χ2v) is 6.18. The van der Waals surface area contributed by atoms with Crippen molar-refractivity contribution in [1.82, 2.24) is 5.32 Å². The molecule has 0 aliphatic rings. The minimum Gasteiger partial charge on any atom is -0.372 e. The molecule has 0 spiro atoms. The summed E-state index contributed by atoms with van der Waals surface area (Å²) in [6.45, 7) is 9.77. The van der Waals surface area contributed by atoms with Crippen molar-refractivity contribution in [2.45, 2.75) is 33.7 Å². The zero-order valence-corrected chi connectivity index (χ0v) is 15.5. The molecule has 0 radical (unpaired) electrons. The van der Waals surface area contributed by atoms with Gasteiger partial charge in [0.25, 0.3) is 0 Å². The molecule has 0 atom stereocenters. The fraction of sp³-hybridized carbons (Fsp3) is 0.381. The fourth-order valence-electron chi connectivity index (χ4n) is 2.71. The van der Waals surface area contributed by atoms with Crippen LogP contribution in [0.3, 0.4) is 0 Å². The maximum atomic E-state index is 12.0. The molecule has 1 amide bonds. The normalized spacial score (nSPS) is 10.5. The lowest BCUT2D eigenvalue weighted by molar-refractivity contribution is -0.116. The number of carbonyl (C=O) groups excluding carboxylic acids is 1. The predicted octanol–water partition coefficient (Wildman–Crippen LogP) is 3.96. The van der Waals surface area contributed by atoms with E-state index in [2.05, 4.69) is 72.7 Å². The molecule has 2 aromatic carbocycles. The van der Waals surface area contributed by atoms with Crippen molar-refractivity contribution in [1.29, 1.82) is 0 Å². The van der Waals surface area contributed by atoms with Crippen LogP contribution in [-0.4, -0.2) is 25.5 Å². The monoisotopic (exact) mass is 339 g/mol. The largest absolute Gasteiger partial charge is 0.372 e. The van der Waals surface area contributed by atoms with Gasteiger partial charge in [-0.05, 0) is 50.6 Å². The Kier molecular flexibility index (Phi) is 7.48. The van der Waals surface area contributed by atoms with E-state index in [-0.39, 0.29) is 5.91 Å². The van der Waals surface area contributed by atoms with Crippen LogP contribution in [0.15, 0.2) is 48.5 Å². The van der Waals surface area contributed by atoms with Crippen LogP contribution in [0.5, 0.6) is 0 Å². The average molecular weight is 339 g/mol. The molecule has 2 N–H and O–H groups in total. The Morgan fingerprint density at radius 3 is 2.20 bits per heavy atom. The average Bonchev–Trinajstić information content (AvgIpc) is 2.63. The number of benzene rings is 2. The lowest BCUT2D eigenvalue weighted by Gasteiger charge is -2.21. The highest BCUT2D eigenvalue weighted by molar-refractivity contribution is 5.91. The van der Waals surface area contributed by atoms with Gasteiger partial charge in [-0.25, -0.2) is 0 Å². The second-order valence-electron chi connectivity index (χ2n) is 6.18. The molecular weight excluding hydrogens is 310 g/mol. The standard InChI is InChI=1S/C21H29N3O/c1-4-24(5-2)20-12-10-19(11-13-20)23-21(25)14-15-22-16-18-8-6-17(3)7-9-18/h6-13,22H,4-5,14-16H2,1-3H3,(H,23,25). The van der Waals surface area contributed by atoms with Crippen LogP contribution >= 0.6 is 0 Å². The van der Waals surface area contributed by atoms with E-state index in [1.54, 1.807) is 0 Å². The minimum atomic E-state index is 0.0343. The second kappa shape index (κ2) is 9.84. The van der Waals surface area contributed by atoms with E-state index in [0.29, 0.717) is 13.0 Å². The van der Waals surface area contributed by atoms with E-state index in [9.17, 15) is 4.79 Å². The molecule has 25 heavy (non-hydrogen) atoms. The minimum absolute atomic E-state index is 0.0343. The van der Waals surface area contributed by atoms with Gasteiger partial charge >= 0.3 is 0 Å². The quantitative estimate of drug-likeness (QED) is 0.680. The molecule has 4 heteroatoms. The number of nitrogens with zero attached hydrogens (tertiary/aromatic N) is 1. The molecular formula is C21H29N3O. The highest BCUT2D eigenvalue weighted by Crippen LogP contribution is 2.17. The van der Waals surface area contributed by atoms with E-state index in [1.165, 1.54) is 16.8 Å². The number of amides is 1. The first-order valence-electron chi connectivity index (χ1n) is 9.03. The third-order valence-electron chi connectivity index (χ3n) is 4.26. The van der Waals surface area contributed by atoms with Crippen molar-refractivity contribution < 1.29 is 4.79 Å². The van der Waals surface area contributed by atoms with Crippen LogP contribution in [0, 0.1) is 6.92 Å². The Balaban J connectivity index is 1.72. The first-order chi connectivity index (χ1) is 12.1. The summed E-state index contributed by atoms with van der Waals surface area (Å²) in [7, 11) is 0. The number of carbonyl (C=O) groups is 1. The van der Waals surface area contributed by atoms with Gasteiger partial charge in [0.1, 0.15) is 0 Å². The molecule has 0 saturated carbocycles. The van der Waals surface area contributed by atoms with Crippen LogP contribution < -0.4 is 15.5 Å². The zero-order valence-electron chi connectivity index (χ0n) is 15.5. The molecule has 0 bridgehead atoms. The van der Waals surface area contributed by atoms with E-state index < -0.39 is 0 Å². The third-order valence-corrected chi connectivity index (χ3v) is 4.26. The summed E-state index contributed by atoms with van der Waals surface area (Å²) in [5, 5.41) is 6.26. The van der Waals surface area contributed by atoms with Gasteiger partial charge in [-0.3, -0.25) is 4.79 Å². The smallest absolute Gasteiger partial charge is 0.225 e. The molecule has 134 valence electrons. The molecule has 4 nitrogen and oxygen atoms in total. The summed E-state index contributed by atoms with van der Waals surface area (Å²) in [5.41, 5.74) is 4.52. The van der Waals surface area contributed by atoms with E-state index in [1.807, 2.05) is 12.1 Å². The van der Waals surface area contributed by atoms with Gasteiger partial charge in [-0.15, -0.1) is 0 Å². The molecule has 0 heterocycles. The van der Waals surface area contributed by atoms with Gasteiger partial charge in [-0.1, -0.05) is 29.8 Å². The number of hydrogen-bond donors (Lipinski definition) is 2. The van der Waals surface area contributed by atoms with E-state index in [4.69, 9.17) is 0 Å². The van der Waals surface area contributed by atoms with Crippen LogP contribution in [0.25, 0.3) is 0 Å². The molecule has 0 aromatic heterocycles. The maximum absolute atomic E-state index is 12.0. The Morgan fingerprint density at radius 2 is 1.60 bits per heavy atom. The van der Waals surface area contributed by atoms with Crippen molar-refractivity contribution in [3.05, 3.63) is 59.7 Å². The SMILES string of the molecule is CCN(CC)c1ccc(NC(=O)CCNCc2ccc(C)cc2)cc1. The molecule has 2 aromatic rings. The Morgan fingerprint density at radius 1 is 0.960 bits per heavy atom. The summed E-state index contributed by atoms with van der Waals surface area (Å²) in [6, 6.07) is 16.5. The topological polar surface area (TPSA) is 44.4 Å². The summed E-state index contributed by atoms with van der Waals surface area (Å²) in [5.74, 6) is 0.0343. The van der Waals surface area contributed by atoms with Crippen LogP contribution in [0.2, 0.25) is 0 Å². The van der Waals surface area contributed by atoms with Crippen molar-refractivity contribution in [3.63, 3.8) is 0 Å². The van der Waals surface area contributed by atoms with Gasteiger partial charge in [0.15, 0.2) is 0 Å². The first-order valence-corrected chi connectivity index (χ1v) is 9.03. The maximum Gasteiger partial charge on any atom is 0.225 e. The van der Waals surface area contributed by atoms with Crippen LogP contribution in [-0.2, 0) is 11.3 Å². The van der Waals surface area contributed by atoms with Crippen molar-refractivity contribution in [2.24, 2.45) is 0 Å². The summed E-state index contributed by atoms with van der Waals surface area (Å²) >= 11 is 0. The van der Waals surface area contributed by atoms with Gasteiger partial charge in [0.05, 0.1) is 0 Å². The summed E-state index contributed by atoms with van der Waals surface area (Å²) in [6.07, 6.45) is 0.462. The van der Waals surface area contributed by atoms with Gasteiger partial charge in [0.2, 0.25) is 5.91 Å². The van der Waals surface area contributed by atoms with E-state index in [0.717, 1.165) is 25.3 Å². The highest BCUT2D eigenvalue weighted by Gasteiger charge is 2.04. The van der Waals surface area contributed by atoms with Crippen LogP contribution in [0.4, 0.5) is 11.4 Å². The molecule has 0 aliphatic heterocycles. The van der Waals surface area contributed by atoms with Gasteiger partial charge in [0, 0.05) is 44.0 Å². The lowest BCUT2D eigenvalue weighted by atomic mass is 10.1. The Hall–Kier alpha value is -2.33. The fourth-order valence-corrected chi connectivity index (χ4v) is 2.71. The number of hydrogen-bond acceptors (Lipinski definition) is 3. The number of nitrogens with one attached hydrogen (secondary N) is 2. The Bertz CT molecular complexity index is 646. The van der Waals surface area contributed by atoms with Crippen molar-refractivity contribution in [2.75, 3.05) is 29.9 Å². The third kappa shape index (κ3) is 6.24. The first kappa shape index (κ1) is 19.0. The molecule has 0 aliphatic carbocycles. The van der Waals surface area contributed by atoms with Gasteiger partial charge in [-0.2, -0.15) is 0 Å². The van der Waals surface area contributed by atoms with E-state index >= 15 is 0 Å². The number of anilines is 2. The highest BCUT2D eigenvalue weighted by atomic mass is 16.1. The summed E-state index contributed by atoms with van der Waals surface area (Å²) in [4.78, 5) is 14.3. The lowest BCUT2D eigenvalue weighted by Crippen LogP contribution is -2.22. The molecule has 0 fully saturated rings. The van der Waals surface area contributed by atoms with Crippen LogP contribution in [0.1, 0.15) is 31.4 Å². The zero-order chi connectivity index (χ0) is 18.1. The number of aryl methyl sites for hydroxylation is 1. The predicted molar refractivity (Wildman–Crippen MR) is 106 cm³/mol. The molecule has 0 saturated heterocycles. The Labute approximate surface area is 151 Å².